The number of unbranched alkanes of at least 4 members (excludes halogenated alkanes) is 1. The van der Waals surface area contributed by atoms with E-state index in [1.165, 1.54) is 19.4 Å². The fourth-order valence-electron chi connectivity index (χ4n) is 2.87. The Morgan fingerprint density at radius 3 is 2.18 bits per heavy atom. The Hall–Kier alpha value is -0.120. The predicted octanol–water partition coefficient (Wildman–Crippen LogP) is 2.27. The number of nitrogens with one attached hydrogen (secondary N) is 1. The Kier molecular flexibility index (Phi) is 5.42. The molecule has 1 rings (SSSR count). The Labute approximate surface area is 107 Å². The van der Waals surface area contributed by atoms with Crippen LogP contribution < -0.4 is 5.32 Å². The van der Waals surface area contributed by atoms with Crippen molar-refractivity contribution in [2.45, 2.75) is 58.7 Å². The van der Waals surface area contributed by atoms with Gasteiger partial charge in [0, 0.05) is 13.1 Å². The SMILES string of the molecule is CCNCCCCN1CC(C)(C)OC(C)(C)C1. The molecule has 1 fully saturated rings. The zero-order chi connectivity index (χ0) is 12.9. The van der Waals surface area contributed by atoms with Gasteiger partial charge in [-0.2, -0.15) is 0 Å². The number of ether oxygens (including phenoxy) is 1. The molecule has 0 aliphatic carbocycles. The van der Waals surface area contributed by atoms with Gasteiger partial charge in [0.25, 0.3) is 0 Å². The monoisotopic (exact) mass is 242 g/mol. The van der Waals surface area contributed by atoms with E-state index in [-0.39, 0.29) is 11.2 Å². The molecular weight excluding hydrogens is 212 g/mol. The van der Waals surface area contributed by atoms with Crippen LogP contribution in [0.25, 0.3) is 0 Å². The van der Waals surface area contributed by atoms with E-state index in [1.54, 1.807) is 0 Å². The third-order valence-corrected chi connectivity index (χ3v) is 3.09. The molecule has 0 unspecified atom stereocenters. The summed E-state index contributed by atoms with van der Waals surface area (Å²) in [6, 6.07) is 0. The van der Waals surface area contributed by atoms with Crippen molar-refractivity contribution in [2.24, 2.45) is 0 Å². The van der Waals surface area contributed by atoms with Gasteiger partial charge in [-0.25, -0.2) is 0 Å². The van der Waals surface area contributed by atoms with Gasteiger partial charge in [-0.3, -0.25) is 4.90 Å². The van der Waals surface area contributed by atoms with Crippen LogP contribution in [0.1, 0.15) is 47.5 Å². The second-order valence-electron chi connectivity index (χ2n) is 6.39. The number of hydrogen-bond donors (Lipinski definition) is 1. The molecule has 0 aromatic heterocycles. The third-order valence-electron chi connectivity index (χ3n) is 3.09. The first kappa shape index (κ1) is 14.9. The molecule has 0 radical (unpaired) electrons. The van der Waals surface area contributed by atoms with Crippen molar-refractivity contribution in [3.05, 3.63) is 0 Å². The molecule has 1 aliphatic rings. The molecule has 3 nitrogen and oxygen atoms in total. The minimum Gasteiger partial charge on any atom is -0.367 e. The van der Waals surface area contributed by atoms with Crippen LogP contribution in [-0.2, 0) is 4.74 Å². The van der Waals surface area contributed by atoms with E-state index < -0.39 is 0 Å². The fraction of sp³-hybridized carbons (Fsp3) is 1.00. The minimum absolute atomic E-state index is 0.0105. The van der Waals surface area contributed by atoms with Gasteiger partial charge in [0.05, 0.1) is 11.2 Å². The lowest BCUT2D eigenvalue weighted by Crippen LogP contribution is -2.57. The van der Waals surface area contributed by atoms with Crippen LogP contribution in [0.3, 0.4) is 0 Å². The van der Waals surface area contributed by atoms with Crippen molar-refractivity contribution in [3.63, 3.8) is 0 Å². The molecule has 0 spiro atoms. The molecule has 1 N–H and O–H groups in total. The molecule has 0 atom stereocenters. The first-order valence-corrected chi connectivity index (χ1v) is 6.98. The Morgan fingerprint density at radius 1 is 1.06 bits per heavy atom. The Morgan fingerprint density at radius 2 is 1.65 bits per heavy atom. The van der Waals surface area contributed by atoms with Gasteiger partial charge in [0.1, 0.15) is 0 Å². The summed E-state index contributed by atoms with van der Waals surface area (Å²) in [5, 5.41) is 3.38. The fourth-order valence-corrected chi connectivity index (χ4v) is 2.87. The van der Waals surface area contributed by atoms with Gasteiger partial charge in [-0.05, 0) is 60.2 Å². The third kappa shape index (κ3) is 5.84. The molecule has 3 heteroatoms. The van der Waals surface area contributed by atoms with Crippen LogP contribution in [0.15, 0.2) is 0 Å². The molecule has 0 bridgehead atoms. The topological polar surface area (TPSA) is 24.5 Å². The highest BCUT2D eigenvalue weighted by atomic mass is 16.5. The standard InChI is InChI=1S/C14H30N2O/c1-6-15-9-7-8-10-16-11-13(2,3)17-14(4,5)12-16/h15H,6-12H2,1-5H3. The highest BCUT2D eigenvalue weighted by molar-refractivity contribution is 4.88. The summed E-state index contributed by atoms with van der Waals surface area (Å²) in [5.74, 6) is 0. The van der Waals surface area contributed by atoms with Gasteiger partial charge < -0.3 is 10.1 Å². The van der Waals surface area contributed by atoms with E-state index in [9.17, 15) is 0 Å². The number of nitrogens with zero attached hydrogens (tertiary/aromatic N) is 1. The summed E-state index contributed by atoms with van der Waals surface area (Å²) in [6.07, 6.45) is 2.55. The first-order valence-electron chi connectivity index (χ1n) is 6.98. The minimum atomic E-state index is -0.0105. The molecule has 102 valence electrons. The largest absolute Gasteiger partial charge is 0.367 e. The smallest absolute Gasteiger partial charge is 0.0760 e. The van der Waals surface area contributed by atoms with Crippen molar-refractivity contribution < 1.29 is 4.74 Å². The first-order chi connectivity index (χ1) is 7.85. The van der Waals surface area contributed by atoms with Crippen LogP contribution in [0.2, 0.25) is 0 Å². The second kappa shape index (κ2) is 6.17. The highest BCUT2D eigenvalue weighted by Gasteiger charge is 2.37. The number of morpholine rings is 1. The van der Waals surface area contributed by atoms with E-state index in [2.05, 4.69) is 44.8 Å². The van der Waals surface area contributed by atoms with Gasteiger partial charge in [0.2, 0.25) is 0 Å². The maximum atomic E-state index is 6.08. The van der Waals surface area contributed by atoms with Crippen LogP contribution in [0.5, 0.6) is 0 Å². The summed E-state index contributed by atoms with van der Waals surface area (Å²) >= 11 is 0. The lowest BCUT2D eigenvalue weighted by molar-refractivity contribution is -0.180. The van der Waals surface area contributed by atoms with E-state index in [1.807, 2.05) is 0 Å². The molecule has 17 heavy (non-hydrogen) atoms. The summed E-state index contributed by atoms with van der Waals surface area (Å²) in [4.78, 5) is 2.55. The summed E-state index contributed by atoms with van der Waals surface area (Å²) in [6.45, 7) is 16.5. The number of hydrogen-bond acceptors (Lipinski definition) is 3. The summed E-state index contributed by atoms with van der Waals surface area (Å²) in [5.41, 5.74) is -0.0210. The second-order valence-corrected chi connectivity index (χ2v) is 6.39. The lowest BCUT2D eigenvalue weighted by Gasteiger charge is -2.47. The normalized spacial score (nSPS) is 23.8. The van der Waals surface area contributed by atoms with Gasteiger partial charge in [0.15, 0.2) is 0 Å². The van der Waals surface area contributed by atoms with E-state index in [0.29, 0.717) is 0 Å². The predicted molar refractivity (Wildman–Crippen MR) is 73.5 cm³/mol. The molecule has 1 aliphatic heterocycles. The maximum Gasteiger partial charge on any atom is 0.0760 e. The summed E-state index contributed by atoms with van der Waals surface area (Å²) < 4.78 is 6.08. The number of rotatable bonds is 6. The van der Waals surface area contributed by atoms with Crippen molar-refractivity contribution >= 4 is 0 Å². The summed E-state index contributed by atoms with van der Waals surface area (Å²) in [7, 11) is 0. The average Bonchev–Trinajstić information content (AvgIpc) is 2.12. The maximum absolute atomic E-state index is 6.08. The van der Waals surface area contributed by atoms with Crippen molar-refractivity contribution in [2.75, 3.05) is 32.7 Å². The van der Waals surface area contributed by atoms with Crippen LogP contribution in [0.4, 0.5) is 0 Å². The lowest BCUT2D eigenvalue weighted by atomic mass is 9.99. The van der Waals surface area contributed by atoms with Gasteiger partial charge in [-0.15, -0.1) is 0 Å². The van der Waals surface area contributed by atoms with Crippen molar-refractivity contribution in [1.29, 1.82) is 0 Å². The molecule has 1 saturated heterocycles. The van der Waals surface area contributed by atoms with Crippen LogP contribution in [0, 0.1) is 0 Å². The van der Waals surface area contributed by atoms with E-state index in [4.69, 9.17) is 4.74 Å². The molecule has 0 saturated carbocycles. The van der Waals surface area contributed by atoms with Gasteiger partial charge in [-0.1, -0.05) is 6.92 Å². The molecule has 0 amide bonds. The highest BCUT2D eigenvalue weighted by Crippen LogP contribution is 2.27. The van der Waals surface area contributed by atoms with E-state index >= 15 is 0 Å². The van der Waals surface area contributed by atoms with Crippen molar-refractivity contribution in [1.82, 2.24) is 10.2 Å². The van der Waals surface area contributed by atoms with Crippen LogP contribution in [-0.4, -0.2) is 48.8 Å². The van der Waals surface area contributed by atoms with Crippen molar-refractivity contribution in [3.8, 4) is 0 Å². The Balaban J connectivity index is 2.28. The van der Waals surface area contributed by atoms with Gasteiger partial charge >= 0.3 is 0 Å². The molecule has 0 aromatic carbocycles. The quantitative estimate of drug-likeness (QED) is 0.723. The zero-order valence-corrected chi connectivity index (χ0v) is 12.3. The molecular formula is C14H30N2O. The Bertz CT molecular complexity index is 210. The molecule has 0 aromatic rings. The average molecular weight is 242 g/mol. The van der Waals surface area contributed by atoms with Crippen LogP contribution >= 0.6 is 0 Å². The van der Waals surface area contributed by atoms with E-state index in [0.717, 1.165) is 26.2 Å². The zero-order valence-electron chi connectivity index (χ0n) is 12.3. The molecule has 1 heterocycles.